The van der Waals surface area contributed by atoms with E-state index in [1.165, 1.54) is 12.1 Å². The molecular weight excluding hydrogens is 401 g/mol. The minimum Gasteiger partial charge on any atom is -0.343 e. The second-order valence-corrected chi connectivity index (χ2v) is 3.46. The Labute approximate surface area is 113 Å². The van der Waals surface area contributed by atoms with Crippen LogP contribution in [-0.2, 0) is 27.2 Å². The van der Waals surface area contributed by atoms with E-state index in [2.05, 4.69) is 6.92 Å². The number of halogens is 3. The van der Waals surface area contributed by atoms with Crippen LogP contribution in [-0.4, -0.2) is 5.78 Å². The van der Waals surface area contributed by atoms with Gasteiger partial charge in [-0.2, -0.15) is 19.6 Å². The number of Topliss-reactive ketones (excluding diaryl/α,β-unsaturated/α-hetero) is 1. The van der Waals surface area contributed by atoms with E-state index in [9.17, 15) is 18.0 Å². The molecule has 0 aliphatic carbocycles. The number of carbonyl (C=O) groups excluding carboxylic acids is 1. The Bertz CT molecular complexity index is 357. The van der Waals surface area contributed by atoms with Crippen molar-refractivity contribution in [1.29, 1.82) is 0 Å². The van der Waals surface area contributed by atoms with Crippen molar-refractivity contribution in [2.24, 2.45) is 0 Å². The van der Waals surface area contributed by atoms with E-state index in [1.54, 1.807) is 0 Å². The second kappa shape index (κ2) is 6.95. The smallest absolute Gasteiger partial charge is 0.343 e. The third-order valence-corrected chi connectivity index (χ3v) is 2.19. The maximum Gasteiger partial charge on any atom is 0.416 e. The molecule has 0 radical (unpaired) electrons. The molecule has 0 aliphatic rings. The molecule has 0 amide bonds. The van der Waals surface area contributed by atoms with Crippen LogP contribution in [0.1, 0.15) is 35.2 Å². The van der Waals surface area contributed by atoms with Crippen molar-refractivity contribution in [2.75, 3.05) is 0 Å². The Balaban J connectivity index is 0.00000256. The fourth-order valence-electron chi connectivity index (χ4n) is 1.27. The van der Waals surface area contributed by atoms with Gasteiger partial charge in [-0.3, -0.25) is 4.79 Å². The zero-order chi connectivity index (χ0) is 12.2. The third kappa shape index (κ3) is 5.03. The first-order valence-corrected chi connectivity index (χ1v) is 4.95. The van der Waals surface area contributed by atoms with Crippen LogP contribution in [0.15, 0.2) is 24.3 Å². The van der Waals surface area contributed by atoms with Crippen molar-refractivity contribution in [3.05, 3.63) is 42.3 Å². The van der Waals surface area contributed by atoms with Crippen LogP contribution < -0.4 is 0 Å². The molecule has 1 aromatic carbocycles. The number of hydrogen-bond donors (Lipinski definition) is 0. The van der Waals surface area contributed by atoms with E-state index in [4.69, 9.17) is 0 Å². The van der Waals surface area contributed by atoms with Crippen molar-refractivity contribution < 1.29 is 39.0 Å². The van der Waals surface area contributed by atoms with Gasteiger partial charge in [0.25, 0.3) is 0 Å². The number of unbranched alkanes of at least 4 members (excludes halogenated alkanes) is 1. The summed E-state index contributed by atoms with van der Waals surface area (Å²) in [6, 6.07) is 4.29. The predicted octanol–water partition coefficient (Wildman–Crippen LogP) is 3.89. The van der Waals surface area contributed by atoms with Gasteiger partial charge in [-0.1, -0.05) is 18.6 Å². The first-order chi connectivity index (χ1) is 7.45. The molecule has 1 nitrogen and oxygen atoms in total. The monoisotopic (exact) mass is 413 g/mol. The van der Waals surface area contributed by atoms with E-state index < -0.39 is 11.7 Å². The molecule has 1 aromatic rings. The van der Waals surface area contributed by atoms with Crippen LogP contribution >= 0.6 is 0 Å². The molecular formula is C12H12F3OW-. The molecule has 0 bridgehead atoms. The molecule has 0 saturated heterocycles. The fraction of sp³-hybridized carbons (Fsp3) is 0.333. The topological polar surface area (TPSA) is 17.1 Å². The average Bonchev–Trinajstić information content (AvgIpc) is 2.25. The van der Waals surface area contributed by atoms with Gasteiger partial charge in [-0.05, 0) is 12.1 Å². The molecule has 0 unspecified atom stereocenters. The van der Waals surface area contributed by atoms with E-state index >= 15 is 0 Å². The van der Waals surface area contributed by atoms with Crippen LogP contribution in [0.5, 0.6) is 0 Å². The summed E-state index contributed by atoms with van der Waals surface area (Å²) in [6.45, 7) is 3.60. The van der Waals surface area contributed by atoms with E-state index in [-0.39, 0.29) is 26.8 Å². The number of ketones is 1. The Hall–Kier alpha value is -0.632. The summed E-state index contributed by atoms with van der Waals surface area (Å²) in [5.74, 6) is -0.141. The van der Waals surface area contributed by atoms with Crippen molar-refractivity contribution >= 4 is 5.78 Å². The van der Waals surface area contributed by atoms with Gasteiger partial charge >= 0.3 is 6.18 Å². The number of benzene rings is 1. The molecule has 0 aliphatic heterocycles. The molecule has 0 N–H and O–H groups in total. The maximum absolute atomic E-state index is 12.2. The summed E-state index contributed by atoms with van der Waals surface area (Å²) in [5.41, 5.74) is -0.414. The Morgan fingerprint density at radius 1 is 1.18 bits per heavy atom. The molecule has 0 atom stereocenters. The standard InChI is InChI=1S/C12H12F3O.W/c1-2-3-4-11(16)9-5-7-10(8-6-9)12(13,14)15;/h5-8H,1-4H2;/q-1;. The van der Waals surface area contributed by atoms with E-state index in [0.29, 0.717) is 24.8 Å². The fourth-order valence-corrected chi connectivity index (χ4v) is 1.27. The third-order valence-electron chi connectivity index (χ3n) is 2.19. The van der Waals surface area contributed by atoms with Crippen molar-refractivity contribution in [3.8, 4) is 0 Å². The minimum absolute atomic E-state index is 0. The SMILES string of the molecule is [CH2-]CCCC(=O)c1ccc(C(F)(F)F)cc1.[W]. The quantitative estimate of drug-likeness (QED) is 0.541. The first-order valence-electron chi connectivity index (χ1n) is 4.95. The molecule has 94 valence electrons. The number of carbonyl (C=O) groups is 1. The van der Waals surface area contributed by atoms with Crippen molar-refractivity contribution in [1.82, 2.24) is 0 Å². The number of rotatable bonds is 4. The predicted molar refractivity (Wildman–Crippen MR) is 55.0 cm³/mol. The van der Waals surface area contributed by atoms with Gasteiger partial charge in [0.05, 0.1) is 5.56 Å². The molecule has 0 spiro atoms. The summed E-state index contributed by atoms with van der Waals surface area (Å²) in [5, 5.41) is 0. The summed E-state index contributed by atoms with van der Waals surface area (Å²) in [7, 11) is 0. The van der Waals surface area contributed by atoms with Gasteiger partial charge in [0.2, 0.25) is 0 Å². The minimum atomic E-state index is -4.35. The molecule has 0 aromatic heterocycles. The number of hydrogen-bond acceptors (Lipinski definition) is 1. The zero-order valence-corrected chi connectivity index (χ0v) is 12.0. The molecule has 5 heteroatoms. The zero-order valence-electron chi connectivity index (χ0n) is 9.09. The maximum atomic E-state index is 12.2. The van der Waals surface area contributed by atoms with Crippen LogP contribution in [0.25, 0.3) is 0 Å². The molecule has 17 heavy (non-hydrogen) atoms. The van der Waals surface area contributed by atoms with Crippen molar-refractivity contribution in [3.63, 3.8) is 0 Å². The van der Waals surface area contributed by atoms with Crippen molar-refractivity contribution in [2.45, 2.75) is 25.4 Å². The summed E-state index contributed by atoms with van der Waals surface area (Å²) < 4.78 is 36.7. The van der Waals surface area contributed by atoms with Crippen LogP contribution in [0.2, 0.25) is 0 Å². The summed E-state index contributed by atoms with van der Waals surface area (Å²) in [6.07, 6.45) is -2.73. The Morgan fingerprint density at radius 2 is 1.71 bits per heavy atom. The molecule has 0 fully saturated rings. The Morgan fingerprint density at radius 3 is 2.12 bits per heavy atom. The van der Waals surface area contributed by atoms with Gasteiger partial charge in [0, 0.05) is 33.0 Å². The number of alkyl halides is 3. The largest absolute Gasteiger partial charge is 0.416 e. The van der Waals surface area contributed by atoms with Crippen LogP contribution in [0.3, 0.4) is 0 Å². The normalized spacial score (nSPS) is 10.8. The second-order valence-electron chi connectivity index (χ2n) is 3.46. The molecule has 1 rings (SSSR count). The van der Waals surface area contributed by atoms with Crippen LogP contribution in [0, 0.1) is 6.92 Å². The van der Waals surface area contributed by atoms with Gasteiger partial charge in [-0.25, -0.2) is 0 Å². The summed E-state index contributed by atoms with van der Waals surface area (Å²) in [4.78, 5) is 11.5. The Kier molecular flexibility index (Phi) is 6.69. The van der Waals surface area contributed by atoms with E-state index in [0.717, 1.165) is 12.1 Å². The van der Waals surface area contributed by atoms with Gasteiger partial charge < -0.3 is 6.92 Å². The molecule has 0 saturated carbocycles. The molecule has 0 heterocycles. The summed E-state index contributed by atoms with van der Waals surface area (Å²) >= 11 is 0. The average molecular weight is 413 g/mol. The van der Waals surface area contributed by atoms with Gasteiger partial charge in [-0.15, -0.1) is 0 Å². The van der Waals surface area contributed by atoms with Crippen LogP contribution in [0.4, 0.5) is 13.2 Å². The van der Waals surface area contributed by atoms with E-state index in [1.807, 2.05) is 0 Å². The van der Waals surface area contributed by atoms with Gasteiger partial charge in [0.1, 0.15) is 0 Å². The first kappa shape index (κ1) is 16.4. The van der Waals surface area contributed by atoms with Gasteiger partial charge in [0.15, 0.2) is 5.78 Å².